The third kappa shape index (κ3) is 77.9. The van der Waals surface area contributed by atoms with Gasteiger partial charge in [0, 0.05) is 12.8 Å². The van der Waals surface area contributed by atoms with Crippen LogP contribution in [0.25, 0.3) is 0 Å². The van der Waals surface area contributed by atoms with Crippen molar-refractivity contribution in [3.05, 3.63) is 170 Å². The molecule has 2 unspecified atom stereocenters. The van der Waals surface area contributed by atoms with Crippen molar-refractivity contribution in [1.29, 1.82) is 0 Å². The average molecular weight is 1350 g/mol. The molecule has 0 aliphatic rings. The molecular weight excluding hydrogens is 1200 g/mol. The van der Waals surface area contributed by atoms with Gasteiger partial charge in [-0.2, -0.15) is 0 Å². The van der Waals surface area contributed by atoms with Gasteiger partial charge >= 0.3 is 17.9 Å². The second kappa shape index (κ2) is 76.4. The number of carbonyl (C=O) groups is 3. The summed E-state index contributed by atoms with van der Waals surface area (Å²) in [5.41, 5.74) is 0. The van der Waals surface area contributed by atoms with Gasteiger partial charge in [0.05, 0.1) is 34.4 Å². The van der Waals surface area contributed by atoms with Gasteiger partial charge in [0.2, 0.25) is 0 Å². The first-order valence-electron chi connectivity index (χ1n) is 39.3. The number of carbonyl (C=O) groups excluding carboxylic acids is 2. The zero-order valence-corrected chi connectivity index (χ0v) is 62.9. The number of allylic oxidation sites excluding steroid dienone is 28. The van der Waals surface area contributed by atoms with Crippen LogP contribution in [0.1, 0.15) is 309 Å². The number of carboxylic acid groups (broad SMARTS) is 1. The molecule has 0 aliphatic heterocycles. The monoisotopic (exact) mass is 1350 g/mol. The molecule has 0 saturated carbocycles. The van der Waals surface area contributed by atoms with E-state index in [2.05, 4.69) is 184 Å². The third-order valence-electron chi connectivity index (χ3n) is 16.5. The second-order valence-corrected chi connectivity index (χ2v) is 26.9. The van der Waals surface area contributed by atoms with Crippen molar-refractivity contribution in [3.8, 4) is 0 Å². The van der Waals surface area contributed by atoms with Gasteiger partial charge in [0.15, 0.2) is 6.10 Å². The fraction of sp³-hybridized carbons (Fsp3) is 0.648. The lowest BCUT2D eigenvalue weighted by Crippen LogP contribution is -2.40. The van der Waals surface area contributed by atoms with Crippen molar-refractivity contribution in [1.82, 2.24) is 0 Å². The van der Waals surface area contributed by atoms with Gasteiger partial charge in [-0.3, -0.25) is 9.59 Å². The molecule has 0 aliphatic carbocycles. The number of unbranched alkanes of at least 4 members (excludes halogenated alkanes) is 28. The van der Waals surface area contributed by atoms with Gasteiger partial charge in [0.1, 0.15) is 13.2 Å². The van der Waals surface area contributed by atoms with Crippen LogP contribution in [0.3, 0.4) is 0 Å². The van der Waals surface area contributed by atoms with E-state index in [-0.39, 0.29) is 32.2 Å². The van der Waals surface area contributed by atoms with Crippen LogP contribution < -0.4 is 0 Å². The van der Waals surface area contributed by atoms with Crippen molar-refractivity contribution < 1.29 is 42.9 Å². The Hall–Kier alpha value is -5.35. The lowest BCUT2D eigenvalue weighted by atomic mass is 10.0. The highest BCUT2D eigenvalue weighted by molar-refractivity contribution is 5.71. The van der Waals surface area contributed by atoms with Crippen LogP contribution in [-0.4, -0.2) is 87.4 Å². The quantitative estimate of drug-likeness (QED) is 0.0211. The molecule has 0 saturated heterocycles. The lowest BCUT2D eigenvalue weighted by molar-refractivity contribution is -0.870. The zero-order valence-electron chi connectivity index (χ0n) is 62.9. The summed E-state index contributed by atoms with van der Waals surface area (Å²) >= 11 is 0. The summed E-state index contributed by atoms with van der Waals surface area (Å²) in [4.78, 5) is 37.7. The van der Waals surface area contributed by atoms with Crippen molar-refractivity contribution in [3.63, 3.8) is 0 Å². The molecule has 0 aromatic heterocycles. The van der Waals surface area contributed by atoms with Gasteiger partial charge in [-0.25, -0.2) is 4.79 Å². The standard InChI is InChI=1S/C88H145NO8/c1-6-8-10-12-14-16-18-20-22-24-26-28-30-32-34-36-38-40-42-43-45-47-49-51-53-55-57-59-61-63-65-67-69-71-73-75-77-79-86(91)97-84(83-96-88(87(92)93)94-81-80-89(3,4)5)82-95-85(90)78-76-74-72-70-68-66-64-62-60-58-56-54-52-50-48-46-44-41-39-37-35-33-31-29-27-25-23-21-19-17-15-13-11-9-7-2/h8-11,14-17,20-23,26-29,32,34,38,40,43,45,49,51,55,57,61,63,84,88H,6-7,12-13,18-19,24-25,30-31,33,35-37,39,41-42,44,46-48,50,52-54,56,58-60,62,64-83H2,1-5H3/p+1/b10-8-,11-9-,16-14-,17-15-,22-20-,23-21-,28-26-,29-27-,34-32-,40-38-,45-43-,51-49-,57-55-,63-61-. The normalized spacial score (nSPS) is 13.6. The fourth-order valence-corrected chi connectivity index (χ4v) is 10.6. The SMILES string of the molecule is CC/C=C\C/C=C\C/C=C\C/C=C\C/C=C\C/C=C\C/C=C\C/C=C\C/C=C\C/C=C\CCCCCCCCC(=O)OC(COC(=O)CCCCCCCCCCCCCCCCCCCCCCCC/C=C\C/C=C\C/C=C\C/C=C\CC)COC(OCC[N+](C)(C)C)C(=O)O. The van der Waals surface area contributed by atoms with Crippen LogP contribution in [0.4, 0.5) is 0 Å². The molecule has 0 rings (SSSR count). The number of rotatable bonds is 71. The van der Waals surface area contributed by atoms with E-state index in [4.69, 9.17) is 18.9 Å². The second-order valence-electron chi connectivity index (χ2n) is 26.9. The Morgan fingerprint density at radius 1 is 0.309 bits per heavy atom. The van der Waals surface area contributed by atoms with Gasteiger partial charge in [0.25, 0.3) is 6.29 Å². The van der Waals surface area contributed by atoms with Crippen molar-refractivity contribution in [2.45, 2.75) is 322 Å². The molecule has 2 atom stereocenters. The Morgan fingerprint density at radius 3 is 0.825 bits per heavy atom. The van der Waals surface area contributed by atoms with Gasteiger partial charge < -0.3 is 28.5 Å². The van der Waals surface area contributed by atoms with Gasteiger partial charge in [-0.05, 0) is 128 Å². The van der Waals surface area contributed by atoms with E-state index in [0.717, 1.165) is 148 Å². The largest absolute Gasteiger partial charge is 0.477 e. The number of hydrogen-bond donors (Lipinski definition) is 1. The third-order valence-corrected chi connectivity index (χ3v) is 16.5. The Morgan fingerprint density at radius 2 is 0.557 bits per heavy atom. The van der Waals surface area contributed by atoms with E-state index < -0.39 is 24.3 Å². The molecular formula is C88H146NO8+. The molecule has 0 bridgehead atoms. The number of likely N-dealkylation sites (N-methyl/N-ethyl adjacent to an activating group) is 1. The molecule has 0 spiro atoms. The maximum Gasteiger partial charge on any atom is 0.361 e. The number of nitrogens with zero attached hydrogens (tertiary/aromatic N) is 1. The van der Waals surface area contributed by atoms with Crippen LogP contribution >= 0.6 is 0 Å². The molecule has 0 amide bonds. The van der Waals surface area contributed by atoms with Crippen LogP contribution in [0.15, 0.2) is 170 Å². The molecule has 550 valence electrons. The summed E-state index contributed by atoms with van der Waals surface area (Å²) in [6.07, 6.45) is 112. The van der Waals surface area contributed by atoms with E-state index in [1.165, 1.54) is 128 Å². The zero-order chi connectivity index (χ0) is 70.4. The van der Waals surface area contributed by atoms with E-state index in [1.807, 2.05) is 21.1 Å². The van der Waals surface area contributed by atoms with Crippen LogP contribution in [-0.2, 0) is 33.3 Å². The number of hydrogen-bond acceptors (Lipinski definition) is 7. The van der Waals surface area contributed by atoms with Crippen molar-refractivity contribution in [2.24, 2.45) is 0 Å². The molecule has 9 heteroatoms. The van der Waals surface area contributed by atoms with Crippen molar-refractivity contribution >= 4 is 17.9 Å². The molecule has 0 fully saturated rings. The maximum absolute atomic E-state index is 13.0. The number of carboxylic acids is 1. The summed E-state index contributed by atoms with van der Waals surface area (Å²) < 4.78 is 23.0. The van der Waals surface area contributed by atoms with E-state index in [9.17, 15) is 19.5 Å². The van der Waals surface area contributed by atoms with Crippen LogP contribution in [0, 0.1) is 0 Å². The molecule has 1 N–H and O–H groups in total. The number of quaternary nitrogens is 1. The van der Waals surface area contributed by atoms with E-state index in [0.29, 0.717) is 23.9 Å². The van der Waals surface area contributed by atoms with Crippen LogP contribution in [0.2, 0.25) is 0 Å². The lowest BCUT2D eigenvalue weighted by Gasteiger charge is -2.25. The van der Waals surface area contributed by atoms with E-state index in [1.54, 1.807) is 0 Å². The van der Waals surface area contributed by atoms with Gasteiger partial charge in [-0.15, -0.1) is 0 Å². The highest BCUT2D eigenvalue weighted by Crippen LogP contribution is 2.18. The Kier molecular flexibility index (Phi) is 72.2. The average Bonchev–Trinajstić information content (AvgIpc) is 3.11. The van der Waals surface area contributed by atoms with Gasteiger partial charge in [-0.1, -0.05) is 338 Å². The maximum atomic E-state index is 13.0. The summed E-state index contributed by atoms with van der Waals surface area (Å²) in [5, 5.41) is 9.77. The number of esters is 2. The smallest absolute Gasteiger partial charge is 0.361 e. The fourth-order valence-electron chi connectivity index (χ4n) is 10.6. The Bertz CT molecular complexity index is 2210. The first-order valence-corrected chi connectivity index (χ1v) is 39.3. The predicted molar refractivity (Wildman–Crippen MR) is 419 cm³/mol. The Balaban J connectivity index is 4.12. The first-order chi connectivity index (χ1) is 47.6. The first kappa shape index (κ1) is 91.6. The molecule has 0 heterocycles. The number of aliphatic carboxylic acids is 1. The summed E-state index contributed by atoms with van der Waals surface area (Å²) in [5.74, 6) is -2.03. The highest BCUT2D eigenvalue weighted by atomic mass is 16.7. The summed E-state index contributed by atoms with van der Waals surface area (Å²) in [6, 6.07) is 0. The number of ether oxygens (including phenoxy) is 4. The summed E-state index contributed by atoms with van der Waals surface area (Å²) in [7, 11) is 5.97. The van der Waals surface area contributed by atoms with E-state index >= 15 is 0 Å². The molecule has 97 heavy (non-hydrogen) atoms. The molecule has 9 nitrogen and oxygen atoms in total. The predicted octanol–water partition coefficient (Wildman–Crippen LogP) is 25.4. The summed E-state index contributed by atoms with van der Waals surface area (Å²) in [6.45, 7) is 4.64. The van der Waals surface area contributed by atoms with Crippen LogP contribution in [0.5, 0.6) is 0 Å². The minimum Gasteiger partial charge on any atom is -0.477 e. The Labute approximate surface area is 597 Å². The topological polar surface area (TPSA) is 108 Å². The molecule has 0 radical (unpaired) electrons. The molecule has 0 aromatic rings. The minimum absolute atomic E-state index is 0.178. The highest BCUT2D eigenvalue weighted by Gasteiger charge is 2.25. The van der Waals surface area contributed by atoms with Crippen molar-refractivity contribution in [2.75, 3.05) is 47.5 Å². The minimum atomic E-state index is -1.52. The molecule has 0 aromatic carbocycles.